The summed E-state index contributed by atoms with van der Waals surface area (Å²) >= 11 is 6.42. The molecule has 0 atom stereocenters. The fraction of sp³-hybridized carbons (Fsp3) is 0.522. The number of carbonyl (C=O) groups excluding carboxylic acids is 3. The first-order valence-electron chi connectivity index (χ1n) is 18.4. The molecule has 0 fully saturated rings. The van der Waals surface area contributed by atoms with Gasteiger partial charge < -0.3 is 14.7 Å². The Kier molecular flexibility index (Phi) is 113. The van der Waals surface area contributed by atoms with Gasteiger partial charge in [0.1, 0.15) is 6.29 Å². The van der Waals surface area contributed by atoms with Crippen LogP contribution < -0.4 is 0 Å². The molecule has 0 aliphatic carbocycles. The topological polar surface area (TPSA) is 118 Å². The number of hydrogen-bond donors (Lipinski definition) is 1. The number of unbranched alkanes of at least 4 members (excludes halogenated alkanes) is 3. The zero-order valence-corrected chi connectivity index (χ0v) is 37.7. The normalized spacial score (nSPS) is 10.2. The van der Waals surface area contributed by atoms with Gasteiger partial charge in [-0.1, -0.05) is 155 Å². The van der Waals surface area contributed by atoms with Crippen molar-refractivity contribution in [1.82, 2.24) is 4.90 Å². The van der Waals surface area contributed by atoms with Gasteiger partial charge in [-0.2, -0.15) is 0 Å². The molecule has 0 aliphatic heterocycles. The minimum atomic E-state index is -0.907. The van der Waals surface area contributed by atoms with Crippen LogP contribution in [0.1, 0.15) is 135 Å². The molecule has 0 aromatic heterocycles. The van der Waals surface area contributed by atoms with Crippen LogP contribution in [0.3, 0.4) is 0 Å². The maximum absolute atomic E-state index is 10.5. The summed E-state index contributed by atoms with van der Waals surface area (Å²) in [6.07, 6.45) is 44.1. The van der Waals surface area contributed by atoms with E-state index < -0.39 is 11.4 Å². The van der Waals surface area contributed by atoms with Crippen molar-refractivity contribution in [1.29, 1.82) is 0 Å². The summed E-state index contributed by atoms with van der Waals surface area (Å²) in [5.74, 6) is -0.814. The number of nitrogens with zero attached hydrogens (tertiary/aromatic N) is 1. The second-order valence-electron chi connectivity index (χ2n) is 10.1. The van der Waals surface area contributed by atoms with Gasteiger partial charge in [-0.15, -0.1) is 0 Å². The fourth-order valence-electron chi connectivity index (χ4n) is 3.18. The molecule has 1 N–H and O–H groups in total. The molecule has 57 heavy (non-hydrogen) atoms. The van der Waals surface area contributed by atoms with Gasteiger partial charge >= 0.3 is 35.7 Å². The van der Waals surface area contributed by atoms with E-state index in [-0.39, 0.29) is 50.4 Å². The Hall–Kier alpha value is -2.53. The summed E-state index contributed by atoms with van der Waals surface area (Å²) in [6.45, 7) is 20.1. The van der Waals surface area contributed by atoms with E-state index >= 15 is 0 Å². The Morgan fingerprint density at radius 3 is 1.12 bits per heavy atom. The number of aldehydes is 1. The van der Waals surface area contributed by atoms with Gasteiger partial charge in [-0.25, -0.2) is 9.59 Å². The zero-order valence-electron chi connectivity index (χ0n) is 34.0. The number of aliphatic carboxylic acids is 1. The summed E-state index contributed by atoms with van der Waals surface area (Å²) in [7, 11) is 0. The molecule has 0 unspecified atom stereocenters. The summed E-state index contributed by atoms with van der Waals surface area (Å²) in [4.78, 5) is 42.3. The summed E-state index contributed by atoms with van der Waals surface area (Å²) in [6, 6.07) is 0. The standard InChI is InChI=1S/C12H18O.C11H16O2.C11H16O.C6H15N.C3H5ClO2.3CH4.2Ag.O/c1-3-4-5-6-7-8-9-10-11-12(2)13;1-2-3-4-5-6-7-8-9-10-11(12)13;1-2-3-4-5-6-7-8-9-10-11-12;1-4-7(5-2)6-3;1-2-6-3(4)5;;;;;;/h4-5,8-11H,3,6-7H2,1-2H3;3-4,7-10H,2,5-6H2,1H3,(H,12,13);3-4,7-11H,2,5-6H2,1H3;4-6H2,1-3H3;2H2,1H3;3*1H4;;;/b5-4-,9-8+,11-10+;2*4-3-,8-7+,10-9+;;;;;;;;. The molecule has 0 amide bonds. The van der Waals surface area contributed by atoms with E-state index in [0.29, 0.717) is 6.61 Å². The van der Waals surface area contributed by atoms with E-state index in [9.17, 15) is 19.2 Å². The first kappa shape index (κ1) is 78.7. The Morgan fingerprint density at radius 2 is 0.895 bits per heavy atom. The van der Waals surface area contributed by atoms with E-state index in [1.54, 1.807) is 59.2 Å². The molecule has 0 aliphatic rings. The van der Waals surface area contributed by atoms with Crippen LogP contribution in [-0.2, 0) is 65.8 Å². The van der Waals surface area contributed by atoms with Gasteiger partial charge in [0.05, 0.1) is 6.61 Å². The van der Waals surface area contributed by atoms with Crippen molar-refractivity contribution in [3.8, 4) is 0 Å². The first-order chi connectivity index (χ1) is 25.6. The molecule has 342 valence electrons. The average molecular weight is 1010 g/mol. The van der Waals surface area contributed by atoms with Crippen molar-refractivity contribution in [2.75, 3.05) is 26.2 Å². The third-order valence-electron chi connectivity index (χ3n) is 5.81. The first-order valence-corrected chi connectivity index (χ1v) is 19.3. The van der Waals surface area contributed by atoms with Crippen LogP contribution >= 0.6 is 11.6 Å². The van der Waals surface area contributed by atoms with Gasteiger partial charge in [0, 0.05) is 40.1 Å². The van der Waals surface area contributed by atoms with Gasteiger partial charge in [0.2, 0.25) is 0 Å². The number of ether oxygens (including phenoxy) is 1. The van der Waals surface area contributed by atoms with E-state index in [4.69, 9.17) is 20.0 Å². The van der Waals surface area contributed by atoms with Crippen LogP contribution in [0.25, 0.3) is 0 Å². The summed E-state index contributed by atoms with van der Waals surface area (Å²) < 4.78 is 12.2. The number of carboxylic acids is 1. The quantitative estimate of drug-likeness (QED) is 0.0217. The van der Waals surface area contributed by atoms with Crippen LogP contribution in [0.5, 0.6) is 0 Å². The van der Waals surface area contributed by atoms with Crippen molar-refractivity contribution < 1.29 is 75.7 Å². The van der Waals surface area contributed by atoms with E-state index in [0.717, 1.165) is 70.1 Å². The van der Waals surface area contributed by atoms with E-state index in [2.05, 4.69) is 99.8 Å². The molecule has 11 heteroatoms. The molecule has 0 rings (SSSR count). The number of carbonyl (C=O) groups is 4. The summed E-state index contributed by atoms with van der Waals surface area (Å²) in [5, 5.41) is 8.25. The number of rotatable bonds is 22. The van der Waals surface area contributed by atoms with Gasteiger partial charge in [0.15, 0.2) is 5.78 Å². The zero-order chi connectivity index (χ0) is 41.6. The minimum absolute atomic E-state index is 0. The Morgan fingerprint density at radius 1 is 0.561 bits per heavy atom. The van der Waals surface area contributed by atoms with Crippen molar-refractivity contribution in [3.63, 3.8) is 0 Å². The summed E-state index contributed by atoms with van der Waals surface area (Å²) in [5.41, 5.74) is -0.738. The maximum atomic E-state index is 10.5. The van der Waals surface area contributed by atoms with Gasteiger partial charge in [-0.3, -0.25) is 9.59 Å². The van der Waals surface area contributed by atoms with Crippen LogP contribution in [0, 0.1) is 0 Å². The number of halogens is 1. The molecule has 0 bridgehead atoms. The molecule has 0 spiro atoms. The number of carboxylic acid groups (broad SMARTS) is 1. The van der Waals surface area contributed by atoms with Crippen LogP contribution in [0.15, 0.2) is 109 Å². The second kappa shape index (κ2) is 81.6. The molecule has 0 saturated carbocycles. The SMILES string of the molecule is C.C.C.CC/C=C\CC/C=C/C=C/C(=O)O.CC/C=C\CC/C=C/C=C/C(C)=O.CC/C=C\CC/C=C/C=C/C=O.CCN(CC)CC.CCOC(=O)Cl.[Ag].[O]=[Ag]. The average Bonchev–Trinajstić information content (AvgIpc) is 3.14. The van der Waals surface area contributed by atoms with Crippen molar-refractivity contribution >= 4 is 35.1 Å². The van der Waals surface area contributed by atoms with Gasteiger partial charge in [-0.05, 0) is 103 Å². The van der Waals surface area contributed by atoms with E-state index in [1.165, 1.54) is 31.8 Å². The van der Waals surface area contributed by atoms with Crippen molar-refractivity contribution in [3.05, 3.63) is 109 Å². The molecule has 1 radical (unpaired) electrons. The Labute approximate surface area is 384 Å². The van der Waals surface area contributed by atoms with Crippen molar-refractivity contribution in [2.24, 2.45) is 0 Å². The molecule has 0 heterocycles. The molecular formula is C46H82Ag2ClNO7. The van der Waals surface area contributed by atoms with E-state index in [1.807, 2.05) is 18.2 Å². The number of ketones is 1. The third-order valence-corrected chi connectivity index (χ3v) is 5.92. The molecule has 0 aromatic rings. The Balaban J connectivity index is -0.0000000603. The van der Waals surface area contributed by atoms with Crippen LogP contribution in [0.2, 0.25) is 0 Å². The van der Waals surface area contributed by atoms with Crippen LogP contribution in [0.4, 0.5) is 4.79 Å². The molecule has 0 aromatic carbocycles. The molecular weight excluding hydrogens is 930 g/mol. The Bertz CT molecular complexity index is 1020. The second-order valence-corrected chi connectivity index (χ2v) is 10.4. The fourth-order valence-corrected chi connectivity index (χ4v) is 3.29. The van der Waals surface area contributed by atoms with Crippen molar-refractivity contribution in [2.45, 2.75) is 135 Å². The van der Waals surface area contributed by atoms with Crippen LogP contribution in [-0.4, -0.2) is 59.7 Å². The predicted molar refractivity (Wildman–Crippen MR) is 242 cm³/mol. The number of allylic oxidation sites excluding steroid dienone is 17. The monoisotopic (exact) mass is 1010 g/mol. The third kappa shape index (κ3) is 113. The predicted octanol–water partition coefficient (Wildman–Crippen LogP) is 13.9. The number of hydrogen-bond acceptors (Lipinski definition) is 7. The van der Waals surface area contributed by atoms with Gasteiger partial charge in [0.25, 0.3) is 0 Å². The molecule has 8 nitrogen and oxygen atoms in total. The molecule has 0 saturated heterocycles.